The van der Waals surface area contributed by atoms with Gasteiger partial charge in [0.25, 0.3) is 5.91 Å². The quantitative estimate of drug-likeness (QED) is 0.265. The van der Waals surface area contributed by atoms with E-state index in [0.29, 0.717) is 45.0 Å². The summed E-state index contributed by atoms with van der Waals surface area (Å²) in [7, 11) is 3.09. The fraction of sp³-hybridized carbons (Fsp3) is 0.367. The molecule has 2 heterocycles. The van der Waals surface area contributed by atoms with Gasteiger partial charge in [0, 0.05) is 23.2 Å². The molecular weight excluding hydrogens is 560 g/mol. The van der Waals surface area contributed by atoms with Gasteiger partial charge in [-0.15, -0.1) is 10.2 Å². The van der Waals surface area contributed by atoms with Crippen LogP contribution in [0, 0.1) is 6.92 Å². The third-order valence-electron chi connectivity index (χ3n) is 7.28. The van der Waals surface area contributed by atoms with Crippen LogP contribution in [0.2, 0.25) is 5.02 Å². The molecule has 1 fully saturated rings. The molecule has 0 unspecified atom stereocenters. The highest BCUT2D eigenvalue weighted by Gasteiger charge is 2.36. The van der Waals surface area contributed by atoms with Crippen molar-refractivity contribution >= 4 is 23.4 Å². The van der Waals surface area contributed by atoms with Crippen molar-refractivity contribution in [2.24, 2.45) is 0 Å². The van der Waals surface area contributed by atoms with Gasteiger partial charge in [0.2, 0.25) is 11.7 Å². The van der Waals surface area contributed by atoms with Crippen molar-refractivity contribution in [2.45, 2.75) is 57.8 Å². The van der Waals surface area contributed by atoms with Gasteiger partial charge in [-0.2, -0.15) is 4.80 Å². The molecular formula is C30H33ClN6O5. The summed E-state index contributed by atoms with van der Waals surface area (Å²) in [5.74, 6) is 1.65. The van der Waals surface area contributed by atoms with Crippen LogP contribution in [0.1, 0.15) is 48.8 Å². The molecule has 1 N–H and O–H groups in total. The maximum absolute atomic E-state index is 14.0. The molecule has 0 bridgehead atoms. The van der Waals surface area contributed by atoms with E-state index in [4.69, 9.17) is 25.5 Å². The first kappa shape index (κ1) is 29.1. The summed E-state index contributed by atoms with van der Waals surface area (Å²) in [6.45, 7) is 1.60. The Kier molecular flexibility index (Phi) is 9.06. The number of nitrogens with one attached hydrogen (secondary N) is 1. The Morgan fingerprint density at radius 1 is 1.10 bits per heavy atom. The number of hydrogen-bond donors (Lipinski definition) is 1. The number of benzene rings is 2. The number of aryl methyl sites for hydroxylation is 1. The Hall–Kier alpha value is -4.38. The minimum Gasteiger partial charge on any atom is -0.493 e. The van der Waals surface area contributed by atoms with E-state index < -0.39 is 11.9 Å². The van der Waals surface area contributed by atoms with E-state index in [2.05, 4.69) is 20.7 Å². The van der Waals surface area contributed by atoms with E-state index in [9.17, 15) is 9.59 Å². The molecule has 1 saturated carbocycles. The highest BCUT2D eigenvalue weighted by Crippen LogP contribution is 2.31. The van der Waals surface area contributed by atoms with Crippen LogP contribution < -0.4 is 14.8 Å². The number of aromatic nitrogens is 4. The molecule has 0 radical (unpaired) electrons. The topological polar surface area (TPSA) is 125 Å². The molecule has 12 heteroatoms. The first-order valence-corrected chi connectivity index (χ1v) is 14.1. The number of amides is 2. The van der Waals surface area contributed by atoms with E-state index in [1.54, 1.807) is 50.4 Å². The summed E-state index contributed by atoms with van der Waals surface area (Å²) in [6, 6.07) is 15.0. The van der Waals surface area contributed by atoms with E-state index in [1.165, 1.54) is 16.8 Å². The summed E-state index contributed by atoms with van der Waals surface area (Å²) in [6.07, 6.45) is 3.90. The molecule has 0 saturated heterocycles. The molecule has 4 aromatic rings. The lowest BCUT2D eigenvalue weighted by Gasteiger charge is -2.31. The number of methoxy groups -OCH3 is 2. The zero-order valence-electron chi connectivity index (χ0n) is 23.7. The lowest BCUT2D eigenvalue weighted by Crippen LogP contribution is -2.46. The van der Waals surface area contributed by atoms with E-state index in [1.807, 2.05) is 18.2 Å². The number of furan rings is 1. The van der Waals surface area contributed by atoms with Crippen LogP contribution in [0.25, 0.3) is 11.4 Å². The van der Waals surface area contributed by atoms with Crippen molar-refractivity contribution < 1.29 is 23.5 Å². The van der Waals surface area contributed by atoms with Crippen LogP contribution in [0.3, 0.4) is 0 Å². The van der Waals surface area contributed by atoms with Crippen molar-refractivity contribution in [3.05, 3.63) is 76.7 Å². The molecule has 5 rings (SSSR count). The second kappa shape index (κ2) is 13.1. The van der Waals surface area contributed by atoms with Gasteiger partial charge in [-0.3, -0.25) is 9.59 Å². The SMILES string of the molecule is COc1ccc(-c2nnn(CC(=O)N(Cc3ccccc3Cl)[C@H](C(=O)NC3CCCC3)c3ccc(C)o3)n2)cc1OC. The first-order valence-electron chi connectivity index (χ1n) is 13.8. The molecule has 1 aliphatic rings. The molecule has 0 aliphatic heterocycles. The van der Waals surface area contributed by atoms with Gasteiger partial charge in [0.1, 0.15) is 18.1 Å². The zero-order chi connectivity index (χ0) is 29.6. The largest absolute Gasteiger partial charge is 0.493 e. The fourth-order valence-electron chi connectivity index (χ4n) is 5.12. The Morgan fingerprint density at radius 2 is 1.86 bits per heavy atom. The third kappa shape index (κ3) is 6.57. The Bertz CT molecular complexity index is 1550. The van der Waals surface area contributed by atoms with Crippen LogP contribution in [-0.4, -0.2) is 57.2 Å². The second-order valence-electron chi connectivity index (χ2n) is 10.2. The standard InChI is InChI=1S/C30H33ClN6O5/c1-19-12-14-25(42-19)28(30(39)32-22-9-5-6-10-22)36(17-21-8-4-7-11-23(21)31)27(38)18-37-34-29(33-35-37)20-13-15-24(40-2)26(16-20)41-3/h4,7-8,11-16,22,28H,5-6,9-10,17-18H2,1-3H3,(H,32,39)/t28-/m0/s1. The number of ether oxygens (including phenoxy) is 2. The average Bonchev–Trinajstić information content (AvgIpc) is 3.77. The molecule has 2 aromatic heterocycles. The van der Waals surface area contributed by atoms with Gasteiger partial charge in [-0.1, -0.05) is 42.6 Å². The normalized spacial score (nSPS) is 14.0. The fourth-order valence-corrected chi connectivity index (χ4v) is 5.32. The Labute approximate surface area is 248 Å². The monoisotopic (exact) mass is 592 g/mol. The number of tetrazole rings is 1. The van der Waals surface area contributed by atoms with Gasteiger partial charge >= 0.3 is 0 Å². The van der Waals surface area contributed by atoms with Crippen LogP contribution in [0.5, 0.6) is 11.5 Å². The summed E-state index contributed by atoms with van der Waals surface area (Å²) in [5.41, 5.74) is 1.33. The molecule has 11 nitrogen and oxygen atoms in total. The van der Waals surface area contributed by atoms with Crippen LogP contribution in [-0.2, 0) is 22.7 Å². The van der Waals surface area contributed by atoms with Gasteiger partial charge in [0.15, 0.2) is 17.5 Å². The van der Waals surface area contributed by atoms with Crippen LogP contribution >= 0.6 is 11.6 Å². The predicted molar refractivity (Wildman–Crippen MR) is 155 cm³/mol. The minimum atomic E-state index is -1.03. The number of carbonyl (C=O) groups excluding carboxylic acids is 2. The predicted octanol–water partition coefficient (Wildman–Crippen LogP) is 4.74. The van der Waals surface area contributed by atoms with Crippen molar-refractivity contribution in [2.75, 3.05) is 14.2 Å². The summed E-state index contributed by atoms with van der Waals surface area (Å²) in [5, 5.41) is 16.3. The molecule has 1 atom stereocenters. The molecule has 2 aromatic carbocycles. The van der Waals surface area contributed by atoms with Gasteiger partial charge in [0.05, 0.1) is 14.2 Å². The highest BCUT2D eigenvalue weighted by molar-refractivity contribution is 6.31. The van der Waals surface area contributed by atoms with Gasteiger partial charge in [-0.25, -0.2) is 0 Å². The molecule has 42 heavy (non-hydrogen) atoms. The Balaban J connectivity index is 1.46. The maximum atomic E-state index is 14.0. The number of halogens is 1. The zero-order valence-corrected chi connectivity index (χ0v) is 24.5. The van der Waals surface area contributed by atoms with Gasteiger partial charge in [-0.05, 0) is 66.9 Å². The molecule has 2 amide bonds. The smallest absolute Gasteiger partial charge is 0.250 e. The van der Waals surface area contributed by atoms with E-state index in [0.717, 1.165) is 25.7 Å². The second-order valence-corrected chi connectivity index (χ2v) is 10.6. The van der Waals surface area contributed by atoms with Crippen molar-refractivity contribution in [1.82, 2.24) is 30.4 Å². The summed E-state index contributed by atoms with van der Waals surface area (Å²) >= 11 is 6.50. The van der Waals surface area contributed by atoms with Crippen LogP contribution in [0.15, 0.2) is 59.0 Å². The van der Waals surface area contributed by atoms with E-state index in [-0.39, 0.29) is 25.0 Å². The van der Waals surface area contributed by atoms with Crippen LogP contribution in [0.4, 0.5) is 0 Å². The number of carbonyl (C=O) groups is 2. The van der Waals surface area contributed by atoms with Crippen molar-refractivity contribution in [1.29, 1.82) is 0 Å². The average molecular weight is 593 g/mol. The van der Waals surface area contributed by atoms with E-state index >= 15 is 0 Å². The molecule has 220 valence electrons. The van der Waals surface area contributed by atoms with Crippen molar-refractivity contribution in [3.8, 4) is 22.9 Å². The first-order chi connectivity index (χ1) is 20.4. The number of rotatable bonds is 11. The number of nitrogens with zero attached hydrogens (tertiary/aromatic N) is 5. The summed E-state index contributed by atoms with van der Waals surface area (Å²) < 4.78 is 16.6. The summed E-state index contributed by atoms with van der Waals surface area (Å²) in [4.78, 5) is 30.5. The lowest BCUT2D eigenvalue weighted by molar-refractivity contribution is -0.143. The lowest BCUT2D eigenvalue weighted by atomic mass is 10.1. The van der Waals surface area contributed by atoms with Crippen molar-refractivity contribution in [3.63, 3.8) is 0 Å². The molecule has 1 aliphatic carbocycles. The minimum absolute atomic E-state index is 0.0503. The number of hydrogen-bond acceptors (Lipinski definition) is 8. The maximum Gasteiger partial charge on any atom is 0.250 e. The molecule has 0 spiro atoms. The van der Waals surface area contributed by atoms with Gasteiger partial charge < -0.3 is 24.1 Å². The highest BCUT2D eigenvalue weighted by atomic mass is 35.5. The third-order valence-corrected chi connectivity index (χ3v) is 7.65. The Morgan fingerprint density at radius 3 is 2.55 bits per heavy atom.